The number of Topliss-reactive ketones (excluding diaryl/α,β-unsaturated/α-hetero) is 1. The summed E-state index contributed by atoms with van der Waals surface area (Å²) in [6.45, 7) is 6.01. The molecule has 2 aromatic rings. The maximum absolute atomic E-state index is 12.4. The molecule has 0 spiro atoms. The lowest BCUT2D eigenvalue weighted by atomic mass is 10.0. The first-order valence-corrected chi connectivity index (χ1v) is 9.55. The first-order chi connectivity index (χ1) is 13.5. The van der Waals surface area contributed by atoms with Gasteiger partial charge in [0.1, 0.15) is 11.6 Å². The van der Waals surface area contributed by atoms with Gasteiger partial charge >= 0.3 is 0 Å². The van der Waals surface area contributed by atoms with E-state index in [4.69, 9.17) is 0 Å². The molecule has 0 radical (unpaired) electrons. The summed E-state index contributed by atoms with van der Waals surface area (Å²) < 4.78 is 0. The van der Waals surface area contributed by atoms with Gasteiger partial charge in [-0.1, -0.05) is 6.07 Å². The second kappa shape index (κ2) is 9.32. The van der Waals surface area contributed by atoms with Crippen molar-refractivity contribution < 1.29 is 14.7 Å². The fraction of sp³-hybridized carbons (Fsp3) is 0.381. The lowest BCUT2D eigenvalue weighted by molar-refractivity contribution is -0.114. The number of ketones is 1. The number of pyridine rings is 1. The molecule has 0 aliphatic carbocycles. The normalized spacial score (nSPS) is 14.7. The number of rotatable bonds is 7. The van der Waals surface area contributed by atoms with Gasteiger partial charge in [-0.05, 0) is 43.3 Å². The minimum absolute atomic E-state index is 0.0127. The number of benzene rings is 1. The van der Waals surface area contributed by atoms with E-state index in [2.05, 4.69) is 20.1 Å². The zero-order valence-electron chi connectivity index (χ0n) is 16.1. The first-order valence-electron chi connectivity index (χ1n) is 9.55. The van der Waals surface area contributed by atoms with Crippen molar-refractivity contribution in [1.29, 1.82) is 0 Å². The number of hydrogen-bond donors (Lipinski definition) is 2. The summed E-state index contributed by atoms with van der Waals surface area (Å²) in [6, 6.07) is 10.5. The van der Waals surface area contributed by atoms with Gasteiger partial charge in [-0.3, -0.25) is 14.5 Å². The van der Waals surface area contributed by atoms with Crippen molar-refractivity contribution in [2.75, 3.05) is 42.9 Å². The summed E-state index contributed by atoms with van der Waals surface area (Å²) in [4.78, 5) is 32.7. The third kappa shape index (κ3) is 5.29. The number of aromatic hydroxyl groups is 1. The summed E-state index contributed by atoms with van der Waals surface area (Å²) in [5, 5.41) is 12.3. The maximum Gasteiger partial charge on any atom is 0.221 e. The molecule has 1 aliphatic heterocycles. The number of amides is 1. The molecule has 1 aromatic carbocycles. The number of phenols is 1. The predicted molar refractivity (Wildman–Crippen MR) is 109 cm³/mol. The molecule has 1 fully saturated rings. The monoisotopic (exact) mass is 382 g/mol. The SMILES string of the molecule is CC(=O)Nc1cc(C(=O)CCCN2CCN(c3ccccn3)CC2)ccc1O. The molecule has 3 rings (SSSR count). The van der Waals surface area contributed by atoms with E-state index in [1.807, 2.05) is 24.4 Å². The highest BCUT2D eigenvalue weighted by Crippen LogP contribution is 2.25. The van der Waals surface area contributed by atoms with Crippen molar-refractivity contribution in [2.45, 2.75) is 19.8 Å². The molecule has 0 unspecified atom stereocenters. The molecule has 0 atom stereocenters. The fourth-order valence-electron chi connectivity index (χ4n) is 3.35. The Bertz CT molecular complexity index is 818. The summed E-state index contributed by atoms with van der Waals surface area (Å²) in [5.41, 5.74) is 0.769. The number of nitrogens with zero attached hydrogens (tertiary/aromatic N) is 3. The Morgan fingerprint density at radius 2 is 1.93 bits per heavy atom. The number of carbonyl (C=O) groups excluding carboxylic acids is 2. The summed E-state index contributed by atoms with van der Waals surface area (Å²) in [7, 11) is 0. The number of aromatic nitrogens is 1. The Labute approximate surface area is 165 Å². The van der Waals surface area contributed by atoms with Gasteiger partial charge in [-0.25, -0.2) is 4.98 Å². The standard InChI is InChI=1S/C21H26N4O3/c1-16(26)23-18-15-17(7-8-20(18)28)19(27)5-4-10-24-11-13-25(14-12-24)21-6-2-3-9-22-21/h2-3,6-9,15,28H,4-5,10-14H2,1H3,(H,23,26). The molecule has 28 heavy (non-hydrogen) atoms. The zero-order chi connectivity index (χ0) is 19.9. The Morgan fingerprint density at radius 1 is 1.14 bits per heavy atom. The molecule has 148 valence electrons. The van der Waals surface area contributed by atoms with E-state index in [0.29, 0.717) is 12.0 Å². The fourth-order valence-corrected chi connectivity index (χ4v) is 3.35. The quantitative estimate of drug-likeness (QED) is 0.565. The van der Waals surface area contributed by atoms with E-state index >= 15 is 0 Å². The van der Waals surface area contributed by atoms with Crippen LogP contribution in [0.1, 0.15) is 30.1 Å². The average molecular weight is 382 g/mol. The lowest BCUT2D eigenvalue weighted by Crippen LogP contribution is -2.46. The van der Waals surface area contributed by atoms with Crippen LogP contribution in [0.15, 0.2) is 42.6 Å². The van der Waals surface area contributed by atoms with E-state index in [1.54, 1.807) is 6.07 Å². The minimum Gasteiger partial charge on any atom is -0.506 e. The first kappa shape index (κ1) is 19.8. The minimum atomic E-state index is -0.287. The van der Waals surface area contributed by atoms with Crippen LogP contribution in [0.3, 0.4) is 0 Å². The van der Waals surface area contributed by atoms with Crippen LogP contribution < -0.4 is 10.2 Å². The van der Waals surface area contributed by atoms with Gasteiger partial charge in [0, 0.05) is 51.3 Å². The van der Waals surface area contributed by atoms with Gasteiger partial charge in [0.2, 0.25) is 5.91 Å². The molecule has 1 saturated heterocycles. The second-order valence-corrected chi connectivity index (χ2v) is 6.96. The van der Waals surface area contributed by atoms with Gasteiger partial charge < -0.3 is 15.3 Å². The number of piperazine rings is 1. The topological polar surface area (TPSA) is 85.8 Å². The number of nitrogens with one attached hydrogen (secondary N) is 1. The van der Waals surface area contributed by atoms with Crippen molar-refractivity contribution in [3.05, 3.63) is 48.2 Å². The third-order valence-corrected chi connectivity index (χ3v) is 4.85. The van der Waals surface area contributed by atoms with Gasteiger partial charge in [0.25, 0.3) is 0 Å². The molecule has 0 bridgehead atoms. The van der Waals surface area contributed by atoms with E-state index in [-0.39, 0.29) is 23.1 Å². The molecule has 7 nitrogen and oxygen atoms in total. The molecular formula is C21H26N4O3. The highest BCUT2D eigenvalue weighted by molar-refractivity contribution is 5.99. The number of carbonyl (C=O) groups is 2. The van der Waals surface area contributed by atoms with Crippen LogP contribution in [-0.4, -0.2) is 59.4 Å². The number of anilines is 2. The molecule has 7 heteroatoms. The Hall–Kier alpha value is -2.93. The Kier molecular flexibility index (Phi) is 6.60. The molecule has 1 aliphatic rings. The highest BCUT2D eigenvalue weighted by Gasteiger charge is 2.18. The third-order valence-electron chi connectivity index (χ3n) is 4.85. The van der Waals surface area contributed by atoms with E-state index in [9.17, 15) is 14.7 Å². The molecule has 0 saturated carbocycles. The molecular weight excluding hydrogens is 356 g/mol. The van der Waals surface area contributed by atoms with Crippen LogP contribution in [0.2, 0.25) is 0 Å². The average Bonchev–Trinajstić information content (AvgIpc) is 2.70. The second-order valence-electron chi connectivity index (χ2n) is 6.96. The van der Waals surface area contributed by atoms with Crippen LogP contribution >= 0.6 is 0 Å². The van der Waals surface area contributed by atoms with Crippen molar-refractivity contribution in [3.8, 4) is 5.75 Å². The van der Waals surface area contributed by atoms with Gasteiger partial charge in [0.15, 0.2) is 5.78 Å². The van der Waals surface area contributed by atoms with Crippen LogP contribution in [0.4, 0.5) is 11.5 Å². The molecule has 1 aromatic heterocycles. The van der Waals surface area contributed by atoms with E-state index in [1.165, 1.54) is 19.1 Å². The van der Waals surface area contributed by atoms with Crippen molar-refractivity contribution in [2.24, 2.45) is 0 Å². The van der Waals surface area contributed by atoms with Crippen molar-refractivity contribution in [1.82, 2.24) is 9.88 Å². The highest BCUT2D eigenvalue weighted by atomic mass is 16.3. The van der Waals surface area contributed by atoms with Crippen LogP contribution in [0.5, 0.6) is 5.75 Å². The van der Waals surface area contributed by atoms with Gasteiger partial charge in [0.05, 0.1) is 5.69 Å². The Morgan fingerprint density at radius 3 is 2.61 bits per heavy atom. The van der Waals surface area contributed by atoms with Gasteiger partial charge in [-0.2, -0.15) is 0 Å². The number of hydrogen-bond acceptors (Lipinski definition) is 6. The van der Waals surface area contributed by atoms with E-state index < -0.39 is 0 Å². The maximum atomic E-state index is 12.4. The van der Waals surface area contributed by atoms with Crippen molar-refractivity contribution in [3.63, 3.8) is 0 Å². The Balaban J connectivity index is 1.44. The summed E-state index contributed by atoms with van der Waals surface area (Å²) in [5.74, 6) is 0.695. The largest absolute Gasteiger partial charge is 0.506 e. The predicted octanol–water partition coefficient (Wildman–Crippen LogP) is 2.53. The molecule has 2 heterocycles. The van der Waals surface area contributed by atoms with Crippen LogP contribution in [0, 0.1) is 0 Å². The zero-order valence-corrected chi connectivity index (χ0v) is 16.1. The van der Waals surface area contributed by atoms with Crippen LogP contribution in [-0.2, 0) is 4.79 Å². The number of phenolic OH excluding ortho intramolecular Hbond substituents is 1. The molecule has 1 amide bonds. The summed E-state index contributed by atoms with van der Waals surface area (Å²) >= 11 is 0. The summed E-state index contributed by atoms with van der Waals surface area (Å²) in [6.07, 6.45) is 3.03. The lowest BCUT2D eigenvalue weighted by Gasteiger charge is -2.35. The smallest absolute Gasteiger partial charge is 0.221 e. The molecule has 2 N–H and O–H groups in total. The van der Waals surface area contributed by atoms with E-state index in [0.717, 1.165) is 45.0 Å². The van der Waals surface area contributed by atoms with Crippen LogP contribution in [0.25, 0.3) is 0 Å². The van der Waals surface area contributed by atoms with Crippen molar-refractivity contribution >= 4 is 23.2 Å². The van der Waals surface area contributed by atoms with Gasteiger partial charge in [-0.15, -0.1) is 0 Å².